The van der Waals surface area contributed by atoms with Crippen molar-refractivity contribution in [2.24, 2.45) is 0 Å². The minimum atomic E-state index is -4.37. The van der Waals surface area contributed by atoms with E-state index < -0.39 is 11.7 Å². The van der Waals surface area contributed by atoms with Crippen LogP contribution >= 0.6 is 0 Å². The third kappa shape index (κ3) is 2.51. The Bertz CT molecular complexity index is 599. The molecule has 3 rings (SSSR count). The van der Waals surface area contributed by atoms with Gasteiger partial charge in [-0.3, -0.25) is 4.90 Å². The highest BCUT2D eigenvalue weighted by molar-refractivity contribution is 5.50. The lowest BCUT2D eigenvalue weighted by Gasteiger charge is -2.26. The van der Waals surface area contributed by atoms with E-state index in [1.165, 1.54) is 16.7 Å². The van der Waals surface area contributed by atoms with Crippen LogP contribution in [0.4, 0.5) is 13.2 Å². The van der Waals surface area contributed by atoms with Gasteiger partial charge in [0.25, 0.3) is 0 Å². The van der Waals surface area contributed by atoms with E-state index in [9.17, 15) is 13.2 Å². The lowest BCUT2D eigenvalue weighted by Crippen LogP contribution is -2.43. The van der Waals surface area contributed by atoms with Crippen molar-refractivity contribution in [2.45, 2.75) is 12.7 Å². The molecule has 1 fully saturated rings. The molecule has 20 heavy (non-hydrogen) atoms. The highest BCUT2D eigenvalue weighted by atomic mass is 19.4. The van der Waals surface area contributed by atoms with E-state index in [1.807, 2.05) is 0 Å². The Hall–Kier alpha value is -1.60. The minimum Gasteiger partial charge on any atom is -0.314 e. The van der Waals surface area contributed by atoms with Gasteiger partial charge in [-0.15, -0.1) is 0 Å². The zero-order valence-corrected chi connectivity index (χ0v) is 10.8. The Morgan fingerprint density at radius 3 is 2.70 bits per heavy atom. The summed E-state index contributed by atoms with van der Waals surface area (Å²) in [6.07, 6.45) is -1.21. The Labute approximate surface area is 114 Å². The molecule has 7 heteroatoms. The molecule has 0 atom stereocenters. The molecule has 0 bridgehead atoms. The van der Waals surface area contributed by atoms with E-state index in [2.05, 4.69) is 15.2 Å². The predicted octanol–water partition coefficient (Wildman–Crippen LogP) is 1.76. The van der Waals surface area contributed by atoms with Crippen LogP contribution < -0.4 is 5.32 Å². The summed E-state index contributed by atoms with van der Waals surface area (Å²) in [7, 11) is 0. The molecule has 0 radical (unpaired) electrons. The molecule has 0 aliphatic carbocycles. The second-order valence-corrected chi connectivity index (χ2v) is 4.89. The summed E-state index contributed by atoms with van der Waals surface area (Å²) in [5.74, 6) is 0. The molecule has 2 aromatic rings. The highest BCUT2D eigenvalue weighted by Crippen LogP contribution is 2.32. The molecule has 0 amide bonds. The van der Waals surface area contributed by atoms with Crippen molar-refractivity contribution in [3.05, 3.63) is 35.8 Å². The van der Waals surface area contributed by atoms with Crippen LogP contribution in [0.25, 0.3) is 5.65 Å². The minimum absolute atomic E-state index is 0.0230. The maximum absolute atomic E-state index is 12.9. The first-order valence-corrected chi connectivity index (χ1v) is 6.51. The van der Waals surface area contributed by atoms with Gasteiger partial charge in [0.05, 0.1) is 17.5 Å². The van der Waals surface area contributed by atoms with Crippen LogP contribution in [0.2, 0.25) is 0 Å². The molecular formula is C13H15F3N4. The Morgan fingerprint density at radius 2 is 2.00 bits per heavy atom. The predicted molar refractivity (Wildman–Crippen MR) is 68.3 cm³/mol. The molecule has 0 aromatic carbocycles. The Kier molecular flexibility index (Phi) is 3.39. The van der Waals surface area contributed by atoms with Crippen LogP contribution in [0.3, 0.4) is 0 Å². The van der Waals surface area contributed by atoms with E-state index in [-0.39, 0.29) is 5.65 Å². The molecular weight excluding hydrogens is 269 g/mol. The smallest absolute Gasteiger partial charge is 0.314 e. The summed E-state index contributed by atoms with van der Waals surface area (Å²) in [6.45, 7) is 4.22. The number of rotatable bonds is 2. The largest absolute Gasteiger partial charge is 0.419 e. The summed E-state index contributed by atoms with van der Waals surface area (Å²) in [5.41, 5.74) is 0.0738. The summed E-state index contributed by atoms with van der Waals surface area (Å²) < 4.78 is 40.3. The van der Waals surface area contributed by atoms with Crippen LogP contribution in [0.5, 0.6) is 0 Å². The molecule has 1 N–H and O–H groups in total. The number of imidazole rings is 1. The van der Waals surface area contributed by atoms with Gasteiger partial charge in [0, 0.05) is 38.9 Å². The number of alkyl halides is 3. The average molecular weight is 284 g/mol. The topological polar surface area (TPSA) is 32.6 Å². The first kappa shape index (κ1) is 13.4. The van der Waals surface area contributed by atoms with Gasteiger partial charge in [-0.05, 0) is 12.1 Å². The van der Waals surface area contributed by atoms with Crippen LogP contribution in [0, 0.1) is 0 Å². The second-order valence-electron chi connectivity index (χ2n) is 4.89. The fourth-order valence-electron chi connectivity index (χ4n) is 2.50. The fraction of sp³-hybridized carbons (Fsp3) is 0.462. The summed E-state index contributed by atoms with van der Waals surface area (Å²) in [4.78, 5) is 6.16. The number of hydrogen-bond acceptors (Lipinski definition) is 3. The Balaban J connectivity index is 1.93. The normalized spacial score (nSPS) is 17.8. The zero-order valence-electron chi connectivity index (χ0n) is 10.8. The molecule has 1 saturated heterocycles. The second kappa shape index (κ2) is 5.06. The van der Waals surface area contributed by atoms with E-state index in [0.29, 0.717) is 6.54 Å². The number of pyridine rings is 1. The van der Waals surface area contributed by atoms with E-state index in [4.69, 9.17) is 0 Å². The number of fused-ring (bicyclic) bond motifs is 1. The van der Waals surface area contributed by atoms with Crippen LogP contribution in [0.1, 0.15) is 11.3 Å². The van der Waals surface area contributed by atoms with Crippen molar-refractivity contribution >= 4 is 5.65 Å². The lowest BCUT2D eigenvalue weighted by atomic mass is 10.2. The summed E-state index contributed by atoms with van der Waals surface area (Å²) in [6, 6.07) is 2.48. The standard InChI is InChI=1S/C13H15F3N4/c14-13(15,16)11-2-1-5-20-10(8-18-12(11)20)9-19-6-3-17-4-7-19/h1-2,5,8,17H,3-4,6-7,9H2. The number of nitrogens with one attached hydrogen (secondary N) is 1. The van der Waals surface area contributed by atoms with Gasteiger partial charge in [0.1, 0.15) is 5.65 Å². The number of hydrogen-bond donors (Lipinski definition) is 1. The van der Waals surface area contributed by atoms with Gasteiger partial charge in [-0.2, -0.15) is 13.2 Å². The van der Waals surface area contributed by atoms with Gasteiger partial charge in [-0.1, -0.05) is 0 Å². The van der Waals surface area contributed by atoms with E-state index in [1.54, 1.807) is 6.20 Å². The monoisotopic (exact) mass is 284 g/mol. The molecule has 2 aromatic heterocycles. The molecule has 4 nitrogen and oxygen atoms in total. The molecule has 108 valence electrons. The maximum atomic E-state index is 12.9. The summed E-state index contributed by atoms with van der Waals surface area (Å²) >= 11 is 0. The Morgan fingerprint density at radius 1 is 1.25 bits per heavy atom. The molecule has 0 spiro atoms. The van der Waals surface area contributed by atoms with Gasteiger partial charge in [0.15, 0.2) is 0 Å². The third-order valence-electron chi connectivity index (χ3n) is 3.51. The van der Waals surface area contributed by atoms with Crippen LogP contribution in [0.15, 0.2) is 24.5 Å². The number of halogens is 3. The van der Waals surface area contributed by atoms with E-state index in [0.717, 1.165) is 37.9 Å². The zero-order chi connectivity index (χ0) is 14.2. The van der Waals surface area contributed by atoms with Crippen molar-refractivity contribution in [1.82, 2.24) is 19.6 Å². The van der Waals surface area contributed by atoms with Crippen LogP contribution in [-0.4, -0.2) is 40.5 Å². The van der Waals surface area contributed by atoms with Gasteiger partial charge in [-0.25, -0.2) is 4.98 Å². The summed E-state index contributed by atoms with van der Waals surface area (Å²) in [5, 5.41) is 3.25. The van der Waals surface area contributed by atoms with Crippen molar-refractivity contribution in [3.63, 3.8) is 0 Å². The third-order valence-corrected chi connectivity index (χ3v) is 3.51. The molecule has 1 aliphatic rings. The van der Waals surface area contributed by atoms with Crippen molar-refractivity contribution < 1.29 is 13.2 Å². The first-order valence-electron chi connectivity index (χ1n) is 6.51. The highest BCUT2D eigenvalue weighted by Gasteiger charge is 2.34. The number of piperazine rings is 1. The van der Waals surface area contributed by atoms with Crippen molar-refractivity contribution in [2.75, 3.05) is 26.2 Å². The quantitative estimate of drug-likeness (QED) is 0.912. The molecule has 0 saturated carbocycles. The average Bonchev–Trinajstić information content (AvgIpc) is 2.82. The fourth-order valence-corrected chi connectivity index (χ4v) is 2.50. The molecule has 3 heterocycles. The molecule has 0 unspecified atom stereocenters. The lowest BCUT2D eigenvalue weighted by molar-refractivity contribution is -0.136. The maximum Gasteiger partial charge on any atom is 0.419 e. The van der Waals surface area contributed by atoms with Gasteiger partial charge >= 0.3 is 6.18 Å². The van der Waals surface area contributed by atoms with E-state index >= 15 is 0 Å². The van der Waals surface area contributed by atoms with Gasteiger partial charge < -0.3 is 9.72 Å². The number of nitrogens with zero attached hydrogens (tertiary/aromatic N) is 3. The number of aromatic nitrogens is 2. The molecule has 1 aliphatic heterocycles. The van der Waals surface area contributed by atoms with Crippen LogP contribution in [-0.2, 0) is 12.7 Å². The van der Waals surface area contributed by atoms with Crippen molar-refractivity contribution in [3.8, 4) is 0 Å². The first-order chi connectivity index (χ1) is 9.55. The van der Waals surface area contributed by atoms with Crippen molar-refractivity contribution in [1.29, 1.82) is 0 Å². The van der Waals surface area contributed by atoms with Gasteiger partial charge in [0.2, 0.25) is 0 Å². The SMILES string of the molecule is FC(F)(F)c1cccn2c(CN3CCNCC3)cnc12.